The zero-order chi connectivity index (χ0) is 19.1. The van der Waals surface area contributed by atoms with Gasteiger partial charge in [0.05, 0.1) is 11.2 Å². The van der Waals surface area contributed by atoms with E-state index in [0.717, 1.165) is 27.7 Å². The molecule has 1 aliphatic rings. The van der Waals surface area contributed by atoms with Crippen molar-refractivity contribution < 1.29 is 9.59 Å². The number of anilines is 2. The van der Waals surface area contributed by atoms with E-state index in [1.165, 1.54) is 6.92 Å². The molecule has 4 rings (SSSR count). The van der Waals surface area contributed by atoms with Crippen LogP contribution in [0.25, 0.3) is 5.52 Å². The van der Waals surface area contributed by atoms with Crippen molar-refractivity contribution in [3.63, 3.8) is 0 Å². The molecule has 0 radical (unpaired) electrons. The zero-order valence-electron chi connectivity index (χ0n) is 14.9. The smallest absolute Gasteiger partial charge is 0.292 e. The number of carbonyl (C=O) groups is 2. The Bertz CT molecular complexity index is 1060. The minimum Gasteiger partial charge on any atom is -0.326 e. The van der Waals surface area contributed by atoms with E-state index in [9.17, 15) is 9.59 Å². The topological polar surface area (TPSA) is 70.0 Å². The Labute approximate surface area is 164 Å². The second kappa shape index (κ2) is 6.70. The van der Waals surface area contributed by atoms with Crippen LogP contribution in [0, 0.1) is 0 Å². The van der Waals surface area contributed by atoms with Crippen LogP contribution in [-0.4, -0.2) is 40.0 Å². The molecule has 0 atom stereocenters. The van der Waals surface area contributed by atoms with Crippen LogP contribution in [0.3, 0.4) is 0 Å². The average Bonchev–Trinajstić information content (AvgIpc) is 3.04. The number of aromatic nitrogens is 2. The standard InChI is InChI=1S/C19H18BrN5O2/c1-12(26)21-15-5-3-13-7-8-25(23(2)18(13)9-15)19(27)17-10-16-6-4-14(20)11-24(16)22-17/h3-6,9-11H,7-8H2,1-2H3,(H,21,26). The first-order chi connectivity index (χ1) is 12.9. The first-order valence-electron chi connectivity index (χ1n) is 8.53. The summed E-state index contributed by atoms with van der Waals surface area (Å²) >= 11 is 3.41. The summed E-state index contributed by atoms with van der Waals surface area (Å²) < 4.78 is 2.58. The van der Waals surface area contributed by atoms with Crippen LogP contribution < -0.4 is 10.3 Å². The number of rotatable bonds is 2. The van der Waals surface area contributed by atoms with E-state index in [2.05, 4.69) is 26.3 Å². The van der Waals surface area contributed by atoms with Crippen LogP contribution in [0.5, 0.6) is 0 Å². The molecular weight excluding hydrogens is 410 g/mol. The van der Waals surface area contributed by atoms with E-state index in [1.807, 2.05) is 48.6 Å². The number of hydrogen-bond acceptors (Lipinski definition) is 4. The fourth-order valence-corrected chi connectivity index (χ4v) is 3.63. The van der Waals surface area contributed by atoms with E-state index in [-0.39, 0.29) is 11.8 Å². The molecule has 0 unspecified atom stereocenters. The summed E-state index contributed by atoms with van der Waals surface area (Å²) in [6.07, 6.45) is 2.56. The minimum atomic E-state index is -0.159. The van der Waals surface area contributed by atoms with Crippen LogP contribution in [0.15, 0.2) is 47.1 Å². The third-order valence-electron chi connectivity index (χ3n) is 4.59. The predicted octanol–water partition coefficient (Wildman–Crippen LogP) is 3.10. The summed E-state index contributed by atoms with van der Waals surface area (Å²) in [4.78, 5) is 24.4. The van der Waals surface area contributed by atoms with Crippen molar-refractivity contribution in [2.75, 3.05) is 23.9 Å². The van der Waals surface area contributed by atoms with Crippen molar-refractivity contribution in [3.8, 4) is 0 Å². The number of hydrazine groups is 1. The highest BCUT2D eigenvalue weighted by Gasteiger charge is 2.28. The Morgan fingerprint density at radius 3 is 2.78 bits per heavy atom. The molecule has 3 heterocycles. The molecule has 2 amide bonds. The van der Waals surface area contributed by atoms with Crippen molar-refractivity contribution in [1.29, 1.82) is 0 Å². The number of nitrogens with one attached hydrogen (secondary N) is 1. The molecule has 1 N–H and O–H groups in total. The van der Waals surface area contributed by atoms with E-state index in [1.54, 1.807) is 15.6 Å². The van der Waals surface area contributed by atoms with Gasteiger partial charge in [0.1, 0.15) is 0 Å². The van der Waals surface area contributed by atoms with Crippen LogP contribution in [-0.2, 0) is 11.2 Å². The summed E-state index contributed by atoms with van der Waals surface area (Å²) in [5.41, 5.74) is 3.98. The van der Waals surface area contributed by atoms with Crippen LogP contribution in [0.2, 0.25) is 0 Å². The lowest BCUT2D eigenvalue weighted by atomic mass is 10.1. The molecule has 1 aliphatic heterocycles. The largest absolute Gasteiger partial charge is 0.326 e. The van der Waals surface area contributed by atoms with Crippen LogP contribution in [0.4, 0.5) is 11.4 Å². The molecule has 1 aromatic carbocycles. The quantitative estimate of drug-likeness (QED) is 0.681. The molecule has 0 aliphatic carbocycles. The summed E-state index contributed by atoms with van der Waals surface area (Å²) in [7, 11) is 1.85. The summed E-state index contributed by atoms with van der Waals surface area (Å²) in [5, 5.41) is 10.7. The summed E-state index contributed by atoms with van der Waals surface area (Å²) in [6.45, 7) is 2.04. The third-order valence-corrected chi connectivity index (χ3v) is 5.06. The normalized spacial score (nSPS) is 13.6. The van der Waals surface area contributed by atoms with Gasteiger partial charge in [-0.15, -0.1) is 0 Å². The van der Waals surface area contributed by atoms with Gasteiger partial charge < -0.3 is 5.32 Å². The van der Waals surface area contributed by atoms with Gasteiger partial charge in [0.15, 0.2) is 5.69 Å². The fourth-order valence-electron chi connectivity index (χ4n) is 3.30. The van der Waals surface area contributed by atoms with E-state index < -0.39 is 0 Å². The molecule has 3 aromatic rings. The molecule has 0 bridgehead atoms. The zero-order valence-corrected chi connectivity index (χ0v) is 16.5. The van der Waals surface area contributed by atoms with Crippen LogP contribution >= 0.6 is 15.9 Å². The lowest BCUT2D eigenvalue weighted by molar-refractivity contribution is -0.114. The summed E-state index contributed by atoms with van der Waals surface area (Å²) in [5.74, 6) is -0.287. The molecule has 7 nitrogen and oxygen atoms in total. The van der Waals surface area contributed by atoms with Gasteiger partial charge in [-0.1, -0.05) is 6.07 Å². The number of carbonyl (C=O) groups excluding carboxylic acids is 2. The highest BCUT2D eigenvalue weighted by Crippen LogP contribution is 2.30. The van der Waals surface area contributed by atoms with Gasteiger partial charge in [0, 0.05) is 36.9 Å². The highest BCUT2D eigenvalue weighted by atomic mass is 79.9. The molecule has 2 aromatic heterocycles. The van der Waals surface area contributed by atoms with E-state index in [4.69, 9.17) is 0 Å². The maximum Gasteiger partial charge on any atom is 0.292 e. The van der Waals surface area contributed by atoms with Gasteiger partial charge >= 0.3 is 0 Å². The Morgan fingerprint density at radius 2 is 2.00 bits per heavy atom. The Kier molecular flexibility index (Phi) is 4.35. The molecule has 27 heavy (non-hydrogen) atoms. The maximum absolute atomic E-state index is 13.1. The van der Waals surface area contributed by atoms with Gasteiger partial charge in [0.2, 0.25) is 5.91 Å². The molecule has 0 saturated heterocycles. The van der Waals surface area contributed by atoms with Crippen molar-refractivity contribution in [1.82, 2.24) is 14.6 Å². The number of halogens is 1. The fraction of sp³-hybridized carbons (Fsp3) is 0.211. The number of amides is 2. The Morgan fingerprint density at radius 1 is 1.19 bits per heavy atom. The van der Waals surface area contributed by atoms with Gasteiger partial charge in [-0.25, -0.2) is 9.52 Å². The van der Waals surface area contributed by atoms with Crippen molar-refractivity contribution in [3.05, 3.63) is 58.3 Å². The number of fused-ring (bicyclic) bond motifs is 2. The summed E-state index contributed by atoms with van der Waals surface area (Å²) in [6, 6.07) is 11.4. The molecule has 0 fully saturated rings. The maximum atomic E-state index is 13.1. The molecule has 0 saturated carbocycles. The lowest BCUT2D eigenvalue weighted by Gasteiger charge is -2.38. The first-order valence-corrected chi connectivity index (χ1v) is 9.32. The van der Waals surface area contributed by atoms with Crippen molar-refractivity contribution >= 4 is 44.6 Å². The molecule has 138 valence electrons. The number of pyridine rings is 1. The number of benzene rings is 1. The first kappa shape index (κ1) is 17.5. The van der Waals surface area contributed by atoms with Gasteiger partial charge in [-0.2, -0.15) is 5.10 Å². The van der Waals surface area contributed by atoms with E-state index in [0.29, 0.717) is 17.9 Å². The average molecular weight is 428 g/mol. The number of nitrogens with zero attached hydrogens (tertiary/aromatic N) is 4. The second-order valence-electron chi connectivity index (χ2n) is 6.47. The third kappa shape index (κ3) is 3.28. The molecular formula is C19H18BrN5O2. The van der Waals surface area contributed by atoms with E-state index >= 15 is 0 Å². The van der Waals surface area contributed by atoms with Gasteiger partial charge in [-0.05, 0) is 58.2 Å². The minimum absolute atomic E-state index is 0.128. The molecule has 8 heteroatoms. The van der Waals surface area contributed by atoms with Crippen molar-refractivity contribution in [2.45, 2.75) is 13.3 Å². The Balaban J connectivity index is 1.64. The Hall–Kier alpha value is -2.87. The van der Waals surface area contributed by atoms with Crippen molar-refractivity contribution in [2.24, 2.45) is 0 Å². The predicted molar refractivity (Wildman–Crippen MR) is 107 cm³/mol. The number of hydrogen-bond donors (Lipinski definition) is 1. The monoisotopic (exact) mass is 427 g/mol. The van der Waals surface area contributed by atoms with Crippen LogP contribution in [0.1, 0.15) is 23.0 Å². The SMILES string of the molecule is CC(=O)Nc1ccc2c(c1)N(C)N(C(=O)c1cc3ccc(Br)cn3n1)CC2. The van der Waals surface area contributed by atoms with Gasteiger partial charge in [0.25, 0.3) is 5.91 Å². The second-order valence-corrected chi connectivity index (χ2v) is 7.39. The van der Waals surface area contributed by atoms with Gasteiger partial charge in [-0.3, -0.25) is 14.6 Å². The lowest BCUT2D eigenvalue weighted by Crippen LogP contribution is -2.48. The highest BCUT2D eigenvalue weighted by molar-refractivity contribution is 9.10. The molecule has 0 spiro atoms.